The average molecular weight is 222 g/mol. The summed E-state index contributed by atoms with van der Waals surface area (Å²) in [6.07, 6.45) is 0.390. The largest absolute Gasteiger partial charge is 0.384 e. The van der Waals surface area contributed by atoms with Gasteiger partial charge in [-0.3, -0.25) is 4.79 Å². The molecular weight excluding hydrogens is 204 g/mol. The molecule has 0 aromatic heterocycles. The molecule has 0 bridgehead atoms. The summed E-state index contributed by atoms with van der Waals surface area (Å²) < 4.78 is 4.83. The van der Waals surface area contributed by atoms with Gasteiger partial charge in [0.1, 0.15) is 0 Å². The van der Waals surface area contributed by atoms with Crippen molar-refractivity contribution in [2.45, 2.75) is 19.5 Å². The molecule has 0 aliphatic carbocycles. The van der Waals surface area contributed by atoms with Gasteiger partial charge in [-0.1, -0.05) is 24.3 Å². The molecule has 0 heterocycles. The van der Waals surface area contributed by atoms with Gasteiger partial charge in [0.2, 0.25) is 5.91 Å². The molecule has 0 fully saturated rings. The van der Waals surface area contributed by atoms with Crippen LogP contribution in [0.4, 0.5) is 0 Å². The fourth-order valence-electron chi connectivity index (χ4n) is 1.41. The first-order valence-corrected chi connectivity index (χ1v) is 5.30. The van der Waals surface area contributed by atoms with Crippen LogP contribution in [0.2, 0.25) is 0 Å². The lowest BCUT2D eigenvalue weighted by atomic mass is 10.1. The Bertz CT molecular complexity index is 340. The van der Waals surface area contributed by atoms with Crippen LogP contribution in [-0.4, -0.2) is 19.6 Å². The van der Waals surface area contributed by atoms with Crippen LogP contribution >= 0.6 is 0 Å². The van der Waals surface area contributed by atoms with Crippen molar-refractivity contribution in [2.24, 2.45) is 5.73 Å². The summed E-state index contributed by atoms with van der Waals surface area (Å²) in [5.41, 5.74) is 7.73. The smallest absolute Gasteiger partial charge is 0.222 e. The van der Waals surface area contributed by atoms with Crippen molar-refractivity contribution >= 4 is 5.91 Å². The number of hydrogen-bond acceptors (Lipinski definition) is 3. The topological polar surface area (TPSA) is 64.3 Å². The van der Waals surface area contributed by atoms with Crippen LogP contribution in [0.5, 0.6) is 0 Å². The van der Waals surface area contributed by atoms with Crippen molar-refractivity contribution in [3.05, 3.63) is 35.4 Å². The molecule has 0 unspecified atom stereocenters. The molecule has 88 valence electrons. The molecule has 16 heavy (non-hydrogen) atoms. The Balaban J connectivity index is 2.44. The molecule has 0 saturated carbocycles. The molecule has 1 aromatic rings. The number of rotatable bonds is 6. The summed E-state index contributed by atoms with van der Waals surface area (Å²) in [5.74, 6) is -0.00586. The molecule has 1 amide bonds. The van der Waals surface area contributed by atoms with Crippen LogP contribution in [0.3, 0.4) is 0 Å². The first-order chi connectivity index (χ1) is 7.77. The van der Waals surface area contributed by atoms with Crippen molar-refractivity contribution in [3.8, 4) is 0 Å². The third-order valence-corrected chi connectivity index (χ3v) is 2.35. The Labute approximate surface area is 95.8 Å². The van der Waals surface area contributed by atoms with Crippen molar-refractivity contribution in [3.63, 3.8) is 0 Å². The molecular formula is C12H18N2O2. The number of benzene rings is 1. The highest BCUT2D eigenvalue weighted by Gasteiger charge is 2.03. The molecule has 4 heteroatoms. The molecule has 0 spiro atoms. The summed E-state index contributed by atoms with van der Waals surface area (Å²) in [6.45, 7) is 1.46. The zero-order chi connectivity index (χ0) is 11.8. The van der Waals surface area contributed by atoms with Gasteiger partial charge in [-0.25, -0.2) is 0 Å². The van der Waals surface area contributed by atoms with Crippen molar-refractivity contribution in [1.82, 2.24) is 5.32 Å². The highest BCUT2D eigenvalue weighted by atomic mass is 16.5. The second-order valence-electron chi connectivity index (χ2n) is 3.49. The van der Waals surface area contributed by atoms with E-state index in [1.165, 1.54) is 0 Å². The van der Waals surface area contributed by atoms with E-state index >= 15 is 0 Å². The van der Waals surface area contributed by atoms with E-state index in [9.17, 15) is 4.79 Å². The lowest BCUT2D eigenvalue weighted by Crippen LogP contribution is -2.24. The second-order valence-corrected chi connectivity index (χ2v) is 3.49. The molecule has 0 atom stereocenters. The molecule has 3 N–H and O–H groups in total. The van der Waals surface area contributed by atoms with Gasteiger partial charge in [0, 0.05) is 26.6 Å². The SMILES string of the molecule is COCCC(=O)NCc1ccccc1CN. The summed E-state index contributed by atoms with van der Waals surface area (Å²) in [5, 5.41) is 2.83. The molecule has 0 aliphatic heterocycles. The maximum atomic E-state index is 11.4. The molecule has 0 saturated heterocycles. The summed E-state index contributed by atoms with van der Waals surface area (Å²) in [7, 11) is 1.58. The molecule has 0 aliphatic rings. The van der Waals surface area contributed by atoms with E-state index in [1.54, 1.807) is 7.11 Å². The number of nitrogens with one attached hydrogen (secondary N) is 1. The molecule has 4 nitrogen and oxygen atoms in total. The maximum absolute atomic E-state index is 11.4. The number of nitrogens with two attached hydrogens (primary N) is 1. The van der Waals surface area contributed by atoms with E-state index in [0.29, 0.717) is 26.1 Å². The van der Waals surface area contributed by atoms with Gasteiger partial charge in [0.15, 0.2) is 0 Å². The van der Waals surface area contributed by atoms with Crippen LogP contribution in [0.25, 0.3) is 0 Å². The van der Waals surface area contributed by atoms with Crippen LogP contribution in [-0.2, 0) is 22.6 Å². The summed E-state index contributed by atoms with van der Waals surface area (Å²) in [4.78, 5) is 11.4. The first-order valence-electron chi connectivity index (χ1n) is 5.30. The minimum Gasteiger partial charge on any atom is -0.384 e. The quantitative estimate of drug-likeness (QED) is 0.748. The number of carbonyl (C=O) groups is 1. The Morgan fingerprint density at radius 1 is 1.38 bits per heavy atom. The lowest BCUT2D eigenvalue weighted by Gasteiger charge is -2.08. The van der Waals surface area contributed by atoms with E-state index in [4.69, 9.17) is 10.5 Å². The van der Waals surface area contributed by atoms with Crippen LogP contribution in [0.1, 0.15) is 17.5 Å². The number of amides is 1. The van der Waals surface area contributed by atoms with E-state index in [-0.39, 0.29) is 5.91 Å². The van der Waals surface area contributed by atoms with Gasteiger partial charge in [-0.05, 0) is 11.1 Å². The first kappa shape index (κ1) is 12.7. The van der Waals surface area contributed by atoms with Crippen molar-refractivity contribution < 1.29 is 9.53 Å². The predicted molar refractivity (Wildman–Crippen MR) is 62.7 cm³/mol. The zero-order valence-corrected chi connectivity index (χ0v) is 9.53. The number of hydrogen-bond donors (Lipinski definition) is 2. The van der Waals surface area contributed by atoms with Gasteiger partial charge in [-0.2, -0.15) is 0 Å². The standard InChI is InChI=1S/C12H18N2O2/c1-16-7-6-12(15)14-9-11-5-3-2-4-10(11)8-13/h2-5H,6-9,13H2,1H3,(H,14,15). The normalized spacial score (nSPS) is 10.1. The fourth-order valence-corrected chi connectivity index (χ4v) is 1.41. The highest BCUT2D eigenvalue weighted by Crippen LogP contribution is 2.07. The van der Waals surface area contributed by atoms with E-state index in [1.807, 2.05) is 24.3 Å². The minimum atomic E-state index is -0.00586. The van der Waals surface area contributed by atoms with E-state index < -0.39 is 0 Å². The Kier molecular flexibility index (Phi) is 5.53. The van der Waals surface area contributed by atoms with Gasteiger partial charge in [0.25, 0.3) is 0 Å². The third-order valence-electron chi connectivity index (χ3n) is 2.35. The Morgan fingerprint density at radius 3 is 2.69 bits per heavy atom. The van der Waals surface area contributed by atoms with Crippen molar-refractivity contribution in [2.75, 3.05) is 13.7 Å². The maximum Gasteiger partial charge on any atom is 0.222 e. The number of carbonyl (C=O) groups excluding carboxylic acids is 1. The number of methoxy groups -OCH3 is 1. The second kappa shape index (κ2) is 6.98. The molecule has 1 rings (SSSR count). The van der Waals surface area contributed by atoms with Crippen LogP contribution < -0.4 is 11.1 Å². The lowest BCUT2D eigenvalue weighted by molar-refractivity contribution is -0.122. The Hall–Kier alpha value is -1.39. The van der Waals surface area contributed by atoms with Gasteiger partial charge in [-0.15, -0.1) is 0 Å². The predicted octanol–water partition coefficient (Wildman–Crippen LogP) is 0.798. The monoisotopic (exact) mass is 222 g/mol. The fraction of sp³-hybridized carbons (Fsp3) is 0.417. The highest BCUT2D eigenvalue weighted by molar-refractivity contribution is 5.75. The van der Waals surface area contributed by atoms with E-state index in [0.717, 1.165) is 11.1 Å². The molecule has 1 aromatic carbocycles. The van der Waals surface area contributed by atoms with Crippen molar-refractivity contribution in [1.29, 1.82) is 0 Å². The van der Waals surface area contributed by atoms with Gasteiger partial charge < -0.3 is 15.8 Å². The molecule has 0 radical (unpaired) electrons. The van der Waals surface area contributed by atoms with Crippen LogP contribution in [0, 0.1) is 0 Å². The third kappa shape index (κ3) is 4.00. The average Bonchev–Trinajstić information content (AvgIpc) is 2.34. The van der Waals surface area contributed by atoms with Gasteiger partial charge >= 0.3 is 0 Å². The number of ether oxygens (including phenoxy) is 1. The zero-order valence-electron chi connectivity index (χ0n) is 9.53. The summed E-state index contributed by atoms with van der Waals surface area (Å²) >= 11 is 0. The van der Waals surface area contributed by atoms with Crippen LogP contribution in [0.15, 0.2) is 24.3 Å². The van der Waals surface area contributed by atoms with Gasteiger partial charge in [0.05, 0.1) is 6.61 Å². The van der Waals surface area contributed by atoms with E-state index in [2.05, 4.69) is 5.32 Å². The minimum absolute atomic E-state index is 0.00586. The summed E-state index contributed by atoms with van der Waals surface area (Å²) in [6, 6.07) is 7.82. The Morgan fingerprint density at radius 2 is 2.06 bits per heavy atom.